The Hall–Kier alpha value is -1.66. The van der Waals surface area contributed by atoms with Gasteiger partial charge >= 0.3 is 0 Å². The van der Waals surface area contributed by atoms with Crippen molar-refractivity contribution in [1.82, 2.24) is 4.90 Å². The Kier molecular flexibility index (Phi) is 4.31. The predicted molar refractivity (Wildman–Crippen MR) is 87.5 cm³/mol. The normalized spacial score (nSPS) is 23.7. The average molecular weight is 320 g/mol. The number of nitrogens with one attached hydrogen (secondary N) is 1. The van der Waals surface area contributed by atoms with Crippen LogP contribution in [0.2, 0.25) is 0 Å². The topological polar surface area (TPSA) is 50.8 Å². The zero-order valence-corrected chi connectivity index (χ0v) is 13.4. The van der Waals surface area contributed by atoms with Gasteiger partial charge in [-0.25, -0.2) is 0 Å². The van der Waals surface area contributed by atoms with Crippen LogP contribution in [0.15, 0.2) is 24.3 Å². The average Bonchev–Trinajstić information content (AvgIpc) is 3.01. The van der Waals surface area contributed by atoms with E-state index in [4.69, 9.17) is 21.7 Å². The fraction of sp³-hybridized carbons (Fsp3) is 0.500. The highest BCUT2D eigenvalue weighted by atomic mass is 32.1. The number of carbonyl (C=O) groups is 1. The number of para-hydroxylation sites is 1. The maximum absolute atomic E-state index is 12.6. The van der Waals surface area contributed by atoms with Crippen molar-refractivity contribution in [2.75, 3.05) is 25.0 Å². The molecule has 0 aliphatic carbocycles. The van der Waals surface area contributed by atoms with E-state index in [9.17, 15) is 4.79 Å². The number of ether oxygens (including phenoxy) is 2. The molecule has 3 rings (SSSR count). The van der Waals surface area contributed by atoms with Crippen molar-refractivity contribution in [2.24, 2.45) is 0 Å². The first-order chi connectivity index (χ1) is 10.6. The summed E-state index contributed by atoms with van der Waals surface area (Å²) in [6.07, 6.45) is 2.26. The van der Waals surface area contributed by atoms with Gasteiger partial charge in [0.05, 0.1) is 12.1 Å². The Morgan fingerprint density at radius 1 is 1.41 bits per heavy atom. The lowest BCUT2D eigenvalue weighted by atomic mass is 9.98. The molecule has 1 aromatic rings. The summed E-state index contributed by atoms with van der Waals surface area (Å²) < 4.78 is 11.7. The summed E-state index contributed by atoms with van der Waals surface area (Å²) in [6.45, 7) is 3.94. The second-order valence-corrected chi connectivity index (χ2v) is 5.88. The molecule has 1 aromatic carbocycles. The van der Waals surface area contributed by atoms with E-state index in [2.05, 4.69) is 5.32 Å². The van der Waals surface area contributed by atoms with E-state index in [1.807, 2.05) is 36.1 Å². The monoisotopic (exact) mass is 320 g/mol. The Morgan fingerprint density at radius 3 is 2.86 bits per heavy atom. The van der Waals surface area contributed by atoms with Crippen LogP contribution in [-0.4, -0.2) is 35.7 Å². The fourth-order valence-electron chi connectivity index (χ4n) is 3.06. The molecule has 1 unspecified atom stereocenters. The first-order valence-electron chi connectivity index (χ1n) is 7.66. The van der Waals surface area contributed by atoms with Crippen molar-refractivity contribution in [1.29, 1.82) is 0 Å². The number of likely N-dealkylation sites (tertiary alicyclic amines) is 1. The van der Waals surface area contributed by atoms with Crippen LogP contribution in [0.25, 0.3) is 0 Å². The van der Waals surface area contributed by atoms with Gasteiger partial charge in [0.2, 0.25) is 5.91 Å². The van der Waals surface area contributed by atoms with E-state index in [-0.39, 0.29) is 17.5 Å². The van der Waals surface area contributed by atoms with Gasteiger partial charge in [-0.15, -0.1) is 0 Å². The number of carbonyl (C=O) groups excluding carboxylic acids is 1. The molecule has 0 spiro atoms. The van der Waals surface area contributed by atoms with Crippen LogP contribution < -0.4 is 5.32 Å². The zero-order valence-electron chi connectivity index (χ0n) is 12.6. The minimum atomic E-state index is -1.13. The molecular formula is C16H20N2O3S. The third-order valence-corrected chi connectivity index (χ3v) is 4.24. The van der Waals surface area contributed by atoms with E-state index in [0.29, 0.717) is 6.61 Å². The van der Waals surface area contributed by atoms with Crippen molar-refractivity contribution in [2.45, 2.75) is 32.0 Å². The summed E-state index contributed by atoms with van der Waals surface area (Å²) >= 11 is 5.19. The van der Waals surface area contributed by atoms with E-state index in [0.717, 1.165) is 37.2 Å². The fourth-order valence-corrected chi connectivity index (χ4v) is 3.31. The largest absolute Gasteiger partial charge is 0.433 e. The third kappa shape index (κ3) is 2.80. The number of benzene rings is 1. The third-order valence-electron chi connectivity index (χ3n) is 4.05. The second-order valence-electron chi connectivity index (χ2n) is 5.51. The number of hydrogen-bond donors (Lipinski definition) is 1. The molecule has 0 bridgehead atoms. The summed E-state index contributed by atoms with van der Waals surface area (Å²) in [5.41, 5.74) is 1.65. The van der Waals surface area contributed by atoms with Crippen LogP contribution in [0.4, 0.5) is 5.69 Å². The minimum absolute atomic E-state index is 0.0467. The van der Waals surface area contributed by atoms with E-state index < -0.39 is 5.79 Å². The molecule has 118 valence electrons. The molecule has 1 N–H and O–H groups in total. The minimum Gasteiger partial charge on any atom is -0.433 e. The highest BCUT2D eigenvalue weighted by molar-refractivity contribution is 7.80. The Balaban J connectivity index is 1.93. The van der Waals surface area contributed by atoms with E-state index in [1.165, 1.54) is 0 Å². The summed E-state index contributed by atoms with van der Waals surface area (Å²) in [4.78, 5) is 14.5. The van der Waals surface area contributed by atoms with Crippen LogP contribution in [0.3, 0.4) is 0 Å². The number of rotatable bonds is 4. The van der Waals surface area contributed by atoms with E-state index in [1.54, 1.807) is 0 Å². The number of thiocarbonyl (C=S) groups is 1. The quantitative estimate of drug-likeness (QED) is 0.864. The van der Waals surface area contributed by atoms with Gasteiger partial charge in [0, 0.05) is 25.3 Å². The van der Waals surface area contributed by atoms with E-state index >= 15 is 0 Å². The van der Waals surface area contributed by atoms with Crippen LogP contribution in [0.1, 0.15) is 31.7 Å². The number of anilines is 1. The molecule has 1 fully saturated rings. The van der Waals surface area contributed by atoms with Gasteiger partial charge < -0.3 is 19.7 Å². The SMILES string of the molecule is CCOC1(CC(=O)N2CCCC2)OC(=S)Nc2ccccc21. The molecule has 6 heteroatoms. The maximum Gasteiger partial charge on any atom is 0.264 e. The van der Waals surface area contributed by atoms with Crippen molar-refractivity contribution in [3.63, 3.8) is 0 Å². The number of hydrogen-bond acceptors (Lipinski definition) is 4. The molecule has 22 heavy (non-hydrogen) atoms. The maximum atomic E-state index is 12.6. The lowest BCUT2D eigenvalue weighted by Crippen LogP contribution is -2.45. The lowest BCUT2D eigenvalue weighted by molar-refractivity contribution is -0.206. The highest BCUT2D eigenvalue weighted by Gasteiger charge is 2.44. The molecule has 0 radical (unpaired) electrons. The number of nitrogens with zero attached hydrogens (tertiary/aromatic N) is 1. The van der Waals surface area contributed by atoms with Crippen molar-refractivity contribution in [3.05, 3.63) is 29.8 Å². The standard InChI is InChI=1S/C16H20N2O3S/c1-2-20-16(11-14(19)18-9-5-6-10-18)12-7-3-4-8-13(12)17-15(22)21-16/h3-4,7-8H,2,5-6,9-11H2,1H3,(H,17,22). The number of fused-ring (bicyclic) bond motifs is 1. The lowest BCUT2D eigenvalue weighted by Gasteiger charge is -2.39. The smallest absolute Gasteiger partial charge is 0.264 e. The molecule has 0 saturated carbocycles. The highest BCUT2D eigenvalue weighted by Crippen LogP contribution is 2.40. The van der Waals surface area contributed by atoms with Gasteiger partial charge in [-0.05, 0) is 38.0 Å². The summed E-state index contributed by atoms with van der Waals surface area (Å²) in [6, 6.07) is 7.65. The second kappa shape index (κ2) is 6.22. The van der Waals surface area contributed by atoms with Crippen LogP contribution in [-0.2, 0) is 20.1 Å². The summed E-state index contributed by atoms with van der Waals surface area (Å²) in [5, 5.41) is 3.26. The molecule has 1 saturated heterocycles. The molecule has 2 aliphatic rings. The van der Waals surface area contributed by atoms with Gasteiger partial charge in [0.15, 0.2) is 0 Å². The molecule has 2 heterocycles. The first kappa shape index (κ1) is 15.2. The number of amides is 1. The molecule has 1 atom stereocenters. The van der Waals surface area contributed by atoms with Gasteiger partial charge in [0.1, 0.15) is 0 Å². The summed E-state index contributed by atoms with van der Waals surface area (Å²) in [5.74, 6) is -1.08. The molecule has 5 nitrogen and oxygen atoms in total. The van der Waals surface area contributed by atoms with Gasteiger partial charge in [-0.2, -0.15) is 0 Å². The van der Waals surface area contributed by atoms with Gasteiger partial charge in [-0.3, -0.25) is 4.79 Å². The Bertz CT molecular complexity index is 587. The predicted octanol–water partition coefficient (Wildman–Crippen LogP) is 2.62. The van der Waals surface area contributed by atoms with Gasteiger partial charge in [-0.1, -0.05) is 18.2 Å². The van der Waals surface area contributed by atoms with Crippen molar-refractivity contribution < 1.29 is 14.3 Å². The van der Waals surface area contributed by atoms with Crippen LogP contribution >= 0.6 is 12.2 Å². The molecule has 1 amide bonds. The van der Waals surface area contributed by atoms with Crippen LogP contribution in [0, 0.1) is 0 Å². The Morgan fingerprint density at radius 2 is 2.14 bits per heavy atom. The molecule has 2 aliphatic heterocycles. The Labute approximate surface area is 135 Å². The summed E-state index contributed by atoms with van der Waals surface area (Å²) in [7, 11) is 0. The molecular weight excluding hydrogens is 300 g/mol. The van der Waals surface area contributed by atoms with Crippen molar-refractivity contribution in [3.8, 4) is 0 Å². The van der Waals surface area contributed by atoms with Gasteiger partial charge in [0.25, 0.3) is 11.0 Å². The molecule has 0 aromatic heterocycles. The van der Waals surface area contributed by atoms with Crippen molar-refractivity contribution >= 4 is 29.0 Å². The zero-order chi connectivity index (χ0) is 15.6. The van der Waals surface area contributed by atoms with Crippen LogP contribution in [0.5, 0.6) is 0 Å². The first-order valence-corrected chi connectivity index (χ1v) is 8.07.